The standard InChI is InChI=1S/C25H18/c1-15-6-8-21-17(10-15)7-9-22-24-12-18-11-16-4-2-3-5-20(16)23(18)13-19(24)14-25(21)22/h2-10,12-13H,11,14H2,1H3. The molecule has 4 aromatic rings. The third-order valence-corrected chi connectivity index (χ3v) is 5.96. The number of benzene rings is 4. The number of rotatable bonds is 0. The number of hydrogen-bond donors (Lipinski definition) is 0. The van der Waals surface area contributed by atoms with Crippen LogP contribution in [0.2, 0.25) is 0 Å². The van der Waals surface area contributed by atoms with Crippen molar-refractivity contribution in [2.24, 2.45) is 0 Å². The van der Waals surface area contributed by atoms with Gasteiger partial charge in [-0.2, -0.15) is 0 Å². The Balaban J connectivity index is 1.58. The highest BCUT2D eigenvalue weighted by molar-refractivity contribution is 5.96. The molecule has 0 saturated heterocycles. The molecule has 0 nitrogen and oxygen atoms in total. The van der Waals surface area contributed by atoms with Crippen molar-refractivity contribution >= 4 is 10.8 Å². The van der Waals surface area contributed by atoms with Crippen molar-refractivity contribution in [1.82, 2.24) is 0 Å². The fraction of sp³-hybridized carbons (Fsp3) is 0.120. The van der Waals surface area contributed by atoms with E-state index in [4.69, 9.17) is 0 Å². The summed E-state index contributed by atoms with van der Waals surface area (Å²) in [5.74, 6) is 0. The van der Waals surface area contributed by atoms with Crippen molar-refractivity contribution in [2.45, 2.75) is 19.8 Å². The van der Waals surface area contributed by atoms with E-state index < -0.39 is 0 Å². The van der Waals surface area contributed by atoms with Crippen LogP contribution in [0.3, 0.4) is 0 Å². The van der Waals surface area contributed by atoms with Gasteiger partial charge in [-0.25, -0.2) is 0 Å². The summed E-state index contributed by atoms with van der Waals surface area (Å²) in [6.45, 7) is 2.17. The van der Waals surface area contributed by atoms with Gasteiger partial charge in [0.15, 0.2) is 0 Å². The van der Waals surface area contributed by atoms with E-state index in [9.17, 15) is 0 Å². The molecule has 2 aliphatic rings. The summed E-state index contributed by atoms with van der Waals surface area (Å²) in [4.78, 5) is 0. The van der Waals surface area contributed by atoms with E-state index in [0.29, 0.717) is 0 Å². The monoisotopic (exact) mass is 318 g/mol. The molecule has 0 fully saturated rings. The van der Waals surface area contributed by atoms with E-state index in [2.05, 4.69) is 73.7 Å². The van der Waals surface area contributed by atoms with Crippen molar-refractivity contribution < 1.29 is 0 Å². The second-order valence-corrected chi connectivity index (χ2v) is 7.49. The summed E-state index contributed by atoms with van der Waals surface area (Å²) in [7, 11) is 0. The van der Waals surface area contributed by atoms with Crippen LogP contribution in [-0.2, 0) is 12.8 Å². The number of hydrogen-bond acceptors (Lipinski definition) is 0. The lowest BCUT2D eigenvalue weighted by atomic mass is 9.97. The van der Waals surface area contributed by atoms with Crippen LogP contribution in [-0.4, -0.2) is 0 Å². The van der Waals surface area contributed by atoms with Crippen LogP contribution < -0.4 is 0 Å². The van der Waals surface area contributed by atoms with Crippen molar-refractivity contribution in [3.63, 3.8) is 0 Å². The molecule has 0 saturated carbocycles. The molecule has 0 N–H and O–H groups in total. The highest BCUT2D eigenvalue weighted by Crippen LogP contribution is 2.46. The van der Waals surface area contributed by atoms with Gasteiger partial charge in [0, 0.05) is 0 Å². The molecule has 0 radical (unpaired) electrons. The normalized spacial score (nSPS) is 13.5. The largest absolute Gasteiger partial charge is 0.0619 e. The first-order chi connectivity index (χ1) is 12.3. The molecule has 6 rings (SSSR count). The van der Waals surface area contributed by atoms with Gasteiger partial charge in [-0.1, -0.05) is 60.2 Å². The Bertz CT molecular complexity index is 1190. The molecule has 4 aromatic carbocycles. The predicted octanol–water partition coefficient (Wildman–Crippen LogP) is 6.29. The van der Waals surface area contributed by atoms with E-state index in [1.54, 1.807) is 0 Å². The first-order valence-electron chi connectivity index (χ1n) is 9.04. The van der Waals surface area contributed by atoms with Gasteiger partial charge < -0.3 is 0 Å². The minimum atomic E-state index is 1.06. The lowest BCUT2D eigenvalue weighted by Crippen LogP contribution is -1.86. The molecule has 0 heterocycles. The fourth-order valence-electron chi connectivity index (χ4n) is 4.77. The highest BCUT2D eigenvalue weighted by atomic mass is 14.3. The summed E-state index contributed by atoms with van der Waals surface area (Å²) in [5, 5.41) is 2.78. The number of fused-ring (bicyclic) bond motifs is 8. The Kier molecular flexibility index (Phi) is 2.48. The predicted molar refractivity (Wildman–Crippen MR) is 105 cm³/mol. The minimum absolute atomic E-state index is 1.06. The Morgan fingerprint density at radius 2 is 1.40 bits per heavy atom. The fourth-order valence-corrected chi connectivity index (χ4v) is 4.77. The molecule has 0 aliphatic heterocycles. The topological polar surface area (TPSA) is 0 Å². The molecular formula is C25H18. The molecule has 118 valence electrons. The van der Waals surface area contributed by atoms with Crippen LogP contribution in [0.25, 0.3) is 33.0 Å². The van der Waals surface area contributed by atoms with Crippen molar-refractivity contribution in [3.05, 3.63) is 94.5 Å². The molecule has 0 unspecified atom stereocenters. The third kappa shape index (κ3) is 1.77. The zero-order valence-electron chi connectivity index (χ0n) is 14.3. The molecule has 2 aliphatic carbocycles. The molecule has 0 aromatic heterocycles. The van der Waals surface area contributed by atoms with Crippen LogP contribution in [0.4, 0.5) is 0 Å². The molecule has 25 heavy (non-hydrogen) atoms. The molecule has 0 bridgehead atoms. The van der Waals surface area contributed by atoms with Crippen LogP contribution in [0.15, 0.2) is 66.7 Å². The van der Waals surface area contributed by atoms with Gasteiger partial charge in [-0.3, -0.25) is 0 Å². The molecule has 0 heteroatoms. The third-order valence-electron chi connectivity index (χ3n) is 5.96. The molecule has 0 amide bonds. The summed E-state index contributed by atoms with van der Waals surface area (Å²) in [5.41, 5.74) is 13.0. The molecule has 0 spiro atoms. The van der Waals surface area contributed by atoms with E-state index in [0.717, 1.165) is 12.8 Å². The van der Waals surface area contributed by atoms with Gasteiger partial charge in [0.05, 0.1) is 0 Å². The Labute approximate surface area is 147 Å². The van der Waals surface area contributed by atoms with Gasteiger partial charge in [0.1, 0.15) is 0 Å². The maximum absolute atomic E-state index is 2.45. The highest BCUT2D eigenvalue weighted by Gasteiger charge is 2.25. The summed E-state index contributed by atoms with van der Waals surface area (Å²) >= 11 is 0. The number of aryl methyl sites for hydroxylation is 1. The second kappa shape index (κ2) is 4.61. The van der Waals surface area contributed by atoms with Crippen LogP contribution in [0, 0.1) is 6.92 Å². The molecule has 0 atom stereocenters. The lowest BCUT2D eigenvalue weighted by molar-refractivity contribution is 1.25. The van der Waals surface area contributed by atoms with E-state index in [1.807, 2.05) is 0 Å². The van der Waals surface area contributed by atoms with Gasteiger partial charge in [0.25, 0.3) is 0 Å². The summed E-state index contributed by atoms with van der Waals surface area (Å²) < 4.78 is 0. The van der Waals surface area contributed by atoms with Gasteiger partial charge in [-0.15, -0.1) is 0 Å². The van der Waals surface area contributed by atoms with Gasteiger partial charge in [0.2, 0.25) is 0 Å². The average molecular weight is 318 g/mol. The Hall–Kier alpha value is -2.86. The van der Waals surface area contributed by atoms with Crippen molar-refractivity contribution in [2.75, 3.05) is 0 Å². The van der Waals surface area contributed by atoms with Gasteiger partial charge in [-0.05, 0) is 87.2 Å². The first kappa shape index (κ1) is 13.4. The average Bonchev–Trinajstić information content (AvgIpc) is 3.17. The zero-order valence-corrected chi connectivity index (χ0v) is 14.3. The molecular weight excluding hydrogens is 300 g/mol. The minimum Gasteiger partial charge on any atom is -0.0619 e. The lowest BCUT2D eigenvalue weighted by Gasteiger charge is -2.07. The first-order valence-corrected chi connectivity index (χ1v) is 9.04. The van der Waals surface area contributed by atoms with Crippen molar-refractivity contribution in [3.8, 4) is 22.3 Å². The zero-order chi connectivity index (χ0) is 16.5. The van der Waals surface area contributed by atoms with Crippen molar-refractivity contribution in [1.29, 1.82) is 0 Å². The van der Waals surface area contributed by atoms with Crippen LogP contribution in [0.1, 0.15) is 27.8 Å². The Morgan fingerprint density at radius 1 is 0.600 bits per heavy atom. The summed E-state index contributed by atoms with van der Waals surface area (Å²) in [6.07, 6.45) is 2.13. The van der Waals surface area contributed by atoms with Gasteiger partial charge >= 0.3 is 0 Å². The van der Waals surface area contributed by atoms with E-state index in [1.165, 1.54) is 60.8 Å². The van der Waals surface area contributed by atoms with Crippen LogP contribution >= 0.6 is 0 Å². The Morgan fingerprint density at radius 3 is 2.32 bits per heavy atom. The SMILES string of the molecule is Cc1ccc2c3c(ccc2c1)-c1cc2c(cc1C3)-c1ccccc1C2. The second-order valence-electron chi connectivity index (χ2n) is 7.49. The smallest absolute Gasteiger partial charge is 0.000706 e. The quantitative estimate of drug-likeness (QED) is 0.309. The van der Waals surface area contributed by atoms with Crippen LogP contribution in [0.5, 0.6) is 0 Å². The maximum Gasteiger partial charge on any atom is -0.000706 e. The van der Waals surface area contributed by atoms with E-state index in [-0.39, 0.29) is 0 Å². The van der Waals surface area contributed by atoms with E-state index >= 15 is 0 Å². The summed E-state index contributed by atoms with van der Waals surface area (Å²) in [6, 6.07) is 25.2. The maximum atomic E-state index is 2.45.